The summed E-state index contributed by atoms with van der Waals surface area (Å²) in [6.07, 6.45) is 2.42. The summed E-state index contributed by atoms with van der Waals surface area (Å²) >= 11 is 0.920. The second kappa shape index (κ2) is 6.91. The lowest BCUT2D eigenvalue weighted by Crippen LogP contribution is -2.48. The van der Waals surface area contributed by atoms with Crippen LogP contribution < -0.4 is 4.90 Å². The molecule has 0 aliphatic carbocycles. The highest BCUT2D eigenvalue weighted by Crippen LogP contribution is 2.25. The molecule has 0 unspecified atom stereocenters. The van der Waals surface area contributed by atoms with E-state index in [4.69, 9.17) is 0 Å². The van der Waals surface area contributed by atoms with E-state index in [1.165, 1.54) is 12.1 Å². The zero-order valence-corrected chi connectivity index (χ0v) is 14.0. The average Bonchev–Trinajstić information content (AvgIpc) is 3.12. The van der Waals surface area contributed by atoms with Crippen LogP contribution >= 0.6 is 11.3 Å². The molecular formula is C15H17N5O3S. The molecule has 2 aromatic heterocycles. The van der Waals surface area contributed by atoms with Crippen molar-refractivity contribution in [2.45, 2.75) is 13.3 Å². The van der Waals surface area contributed by atoms with Gasteiger partial charge in [0.15, 0.2) is 0 Å². The monoisotopic (exact) mass is 347 g/mol. The van der Waals surface area contributed by atoms with Gasteiger partial charge < -0.3 is 9.80 Å². The summed E-state index contributed by atoms with van der Waals surface area (Å²) in [5.74, 6) is 0.727. The molecule has 2 aromatic rings. The van der Waals surface area contributed by atoms with Gasteiger partial charge in [-0.25, -0.2) is 9.97 Å². The van der Waals surface area contributed by atoms with Crippen LogP contribution in [0, 0.1) is 10.1 Å². The number of aromatic nitrogens is 2. The second-order valence-electron chi connectivity index (χ2n) is 5.40. The Bertz CT molecular complexity index is 755. The Morgan fingerprint density at radius 3 is 2.67 bits per heavy atom. The molecule has 126 valence electrons. The summed E-state index contributed by atoms with van der Waals surface area (Å²) in [5.41, 5.74) is 0.990. The standard InChI is InChI=1S/C15H17N5O3S/c1-2-11-9-13(17-10-16-11)18-5-7-19(8-6-18)15(21)12-3-4-14(24-12)20(22)23/h3-4,9-10H,2,5-8H2,1H3. The van der Waals surface area contributed by atoms with Crippen LogP contribution in [0.4, 0.5) is 10.8 Å². The molecule has 8 nitrogen and oxygen atoms in total. The van der Waals surface area contributed by atoms with Crippen LogP contribution in [-0.4, -0.2) is 51.9 Å². The van der Waals surface area contributed by atoms with E-state index >= 15 is 0 Å². The van der Waals surface area contributed by atoms with Crippen LogP contribution in [0.3, 0.4) is 0 Å². The van der Waals surface area contributed by atoms with Gasteiger partial charge in [-0.3, -0.25) is 14.9 Å². The van der Waals surface area contributed by atoms with E-state index in [1.54, 1.807) is 11.2 Å². The molecule has 3 rings (SSSR count). The van der Waals surface area contributed by atoms with Crippen LogP contribution in [0.5, 0.6) is 0 Å². The van der Waals surface area contributed by atoms with Gasteiger partial charge in [0.05, 0.1) is 9.80 Å². The highest BCUT2D eigenvalue weighted by Gasteiger charge is 2.25. The van der Waals surface area contributed by atoms with E-state index in [1.807, 2.05) is 13.0 Å². The van der Waals surface area contributed by atoms with Crippen molar-refractivity contribution in [3.05, 3.63) is 45.2 Å². The molecule has 1 amide bonds. The van der Waals surface area contributed by atoms with Crippen molar-refractivity contribution in [3.8, 4) is 0 Å². The van der Waals surface area contributed by atoms with E-state index in [-0.39, 0.29) is 10.9 Å². The van der Waals surface area contributed by atoms with Gasteiger partial charge in [0.1, 0.15) is 12.1 Å². The number of nitro groups is 1. The zero-order chi connectivity index (χ0) is 17.1. The molecular weight excluding hydrogens is 330 g/mol. The van der Waals surface area contributed by atoms with Gasteiger partial charge in [-0.1, -0.05) is 18.3 Å². The molecule has 0 atom stereocenters. The number of anilines is 1. The number of carbonyl (C=O) groups excluding carboxylic acids is 1. The Labute approximate surface area is 142 Å². The number of thiophene rings is 1. The molecule has 0 spiro atoms. The first-order chi connectivity index (χ1) is 11.6. The minimum Gasteiger partial charge on any atom is -0.353 e. The Morgan fingerprint density at radius 1 is 1.29 bits per heavy atom. The van der Waals surface area contributed by atoms with Gasteiger partial charge in [-0.2, -0.15) is 0 Å². The van der Waals surface area contributed by atoms with E-state index < -0.39 is 4.92 Å². The van der Waals surface area contributed by atoms with Crippen LogP contribution in [0.15, 0.2) is 24.5 Å². The van der Waals surface area contributed by atoms with E-state index in [0.29, 0.717) is 31.1 Å². The quantitative estimate of drug-likeness (QED) is 0.620. The van der Waals surface area contributed by atoms with Crippen LogP contribution in [0.2, 0.25) is 0 Å². The molecule has 0 aromatic carbocycles. The first kappa shape index (κ1) is 16.3. The number of hydrogen-bond acceptors (Lipinski definition) is 7. The fourth-order valence-electron chi connectivity index (χ4n) is 2.59. The molecule has 1 saturated heterocycles. The lowest BCUT2D eigenvalue weighted by molar-refractivity contribution is -0.380. The van der Waals surface area contributed by atoms with Gasteiger partial charge >= 0.3 is 5.00 Å². The number of rotatable bonds is 4. The Hall–Kier alpha value is -2.55. The maximum atomic E-state index is 12.4. The van der Waals surface area contributed by atoms with E-state index in [0.717, 1.165) is 29.3 Å². The Balaban J connectivity index is 1.63. The van der Waals surface area contributed by atoms with Crippen molar-refractivity contribution in [3.63, 3.8) is 0 Å². The van der Waals surface area contributed by atoms with Crippen LogP contribution in [0.25, 0.3) is 0 Å². The van der Waals surface area contributed by atoms with Gasteiger partial charge in [-0.05, 0) is 12.5 Å². The predicted molar refractivity (Wildman–Crippen MR) is 90.5 cm³/mol. The fourth-order valence-corrected chi connectivity index (χ4v) is 3.38. The number of piperazine rings is 1. The molecule has 24 heavy (non-hydrogen) atoms. The third-order valence-corrected chi connectivity index (χ3v) is 4.97. The first-order valence-electron chi connectivity index (χ1n) is 7.68. The van der Waals surface area contributed by atoms with Crippen molar-refractivity contribution >= 4 is 28.1 Å². The first-order valence-corrected chi connectivity index (χ1v) is 8.49. The number of carbonyl (C=O) groups is 1. The number of amides is 1. The third kappa shape index (κ3) is 3.35. The van der Waals surface area contributed by atoms with Gasteiger partial charge in [0, 0.05) is 44.0 Å². The fraction of sp³-hybridized carbons (Fsp3) is 0.400. The van der Waals surface area contributed by atoms with Crippen LogP contribution in [0.1, 0.15) is 22.3 Å². The van der Waals surface area contributed by atoms with Crippen molar-refractivity contribution in [1.82, 2.24) is 14.9 Å². The van der Waals surface area contributed by atoms with Gasteiger partial charge in [-0.15, -0.1) is 0 Å². The zero-order valence-electron chi connectivity index (χ0n) is 13.2. The van der Waals surface area contributed by atoms with Gasteiger partial charge in [0.25, 0.3) is 5.91 Å². The smallest absolute Gasteiger partial charge is 0.324 e. The Morgan fingerprint density at radius 2 is 2.04 bits per heavy atom. The maximum absolute atomic E-state index is 12.4. The average molecular weight is 347 g/mol. The predicted octanol–water partition coefficient (Wildman–Crippen LogP) is 1.97. The minimum atomic E-state index is -0.472. The Kier molecular flexibility index (Phi) is 4.70. The molecule has 1 aliphatic rings. The highest BCUT2D eigenvalue weighted by atomic mass is 32.1. The minimum absolute atomic E-state index is 0.00920. The summed E-state index contributed by atoms with van der Waals surface area (Å²) in [4.78, 5) is 35.5. The van der Waals surface area contributed by atoms with E-state index in [2.05, 4.69) is 14.9 Å². The van der Waals surface area contributed by atoms with Crippen molar-refractivity contribution in [2.75, 3.05) is 31.1 Å². The number of nitrogens with zero attached hydrogens (tertiary/aromatic N) is 5. The van der Waals surface area contributed by atoms with Crippen molar-refractivity contribution < 1.29 is 9.72 Å². The maximum Gasteiger partial charge on any atom is 0.324 e. The second-order valence-corrected chi connectivity index (χ2v) is 6.46. The number of hydrogen-bond donors (Lipinski definition) is 0. The molecule has 0 radical (unpaired) electrons. The van der Waals surface area contributed by atoms with Crippen LogP contribution in [-0.2, 0) is 6.42 Å². The molecule has 0 bridgehead atoms. The molecule has 1 aliphatic heterocycles. The van der Waals surface area contributed by atoms with Crippen molar-refractivity contribution in [2.24, 2.45) is 0 Å². The largest absolute Gasteiger partial charge is 0.353 e. The van der Waals surface area contributed by atoms with Crippen molar-refractivity contribution in [1.29, 1.82) is 0 Å². The summed E-state index contributed by atoms with van der Waals surface area (Å²) in [5, 5.41) is 10.7. The summed E-state index contributed by atoms with van der Waals surface area (Å²) in [6, 6.07) is 4.87. The SMILES string of the molecule is CCc1cc(N2CCN(C(=O)c3ccc([N+](=O)[O-])s3)CC2)ncn1. The topological polar surface area (TPSA) is 92.5 Å². The summed E-state index contributed by atoms with van der Waals surface area (Å²) in [7, 11) is 0. The molecule has 9 heteroatoms. The number of aryl methyl sites for hydroxylation is 1. The highest BCUT2D eigenvalue weighted by molar-refractivity contribution is 7.17. The lowest BCUT2D eigenvalue weighted by atomic mass is 10.2. The van der Waals surface area contributed by atoms with Gasteiger partial charge in [0.2, 0.25) is 0 Å². The van der Waals surface area contributed by atoms with E-state index in [9.17, 15) is 14.9 Å². The molecule has 0 N–H and O–H groups in total. The molecule has 1 fully saturated rings. The summed E-state index contributed by atoms with van der Waals surface area (Å²) < 4.78 is 0. The summed E-state index contributed by atoms with van der Waals surface area (Å²) in [6.45, 7) is 4.54. The lowest BCUT2D eigenvalue weighted by Gasteiger charge is -2.35. The third-order valence-electron chi connectivity index (χ3n) is 3.94. The molecule has 0 saturated carbocycles. The normalized spacial score (nSPS) is 14.7. The molecule has 3 heterocycles.